The summed E-state index contributed by atoms with van der Waals surface area (Å²) in [6, 6.07) is 20.4. The first-order valence-corrected chi connectivity index (χ1v) is 11.3. The molecule has 172 valence electrons. The summed E-state index contributed by atoms with van der Waals surface area (Å²) in [4.78, 5) is 25.8. The lowest BCUT2D eigenvalue weighted by atomic mass is 10.1. The number of nitrogens with zero attached hydrogens (tertiary/aromatic N) is 1. The van der Waals surface area contributed by atoms with Crippen LogP contribution >= 0.6 is 0 Å². The molecule has 2 unspecified atom stereocenters. The molecule has 33 heavy (non-hydrogen) atoms. The first kappa shape index (κ1) is 22.6. The van der Waals surface area contributed by atoms with E-state index in [0.717, 1.165) is 16.5 Å². The molecule has 1 aliphatic heterocycles. The van der Waals surface area contributed by atoms with E-state index in [1.807, 2.05) is 49.1 Å². The molecule has 2 atom stereocenters. The molecule has 3 aromatic rings. The molecular weight excluding hydrogens is 418 g/mol. The highest BCUT2D eigenvalue weighted by Gasteiger charge is 2.37. The van der Waals surface area contributed by atoms with Crippen molar-refractivity contribution in [1.29, 1.82) is 0 Å². The van der Waals surface area contributed by atoms with Crippen LogP contribution in [0.3, 0.4) is 0 Å². The number of carboxylic acids is 1. The van der Waals surface area contributed by atoms with Crippen LogP contribution in [0.5, 0.6) is 11.5 Å². The summed E-state index contributed by atoms with van der Waals surface area (Å²) in [6.07, 6.45) is 1.03. The minimum Gasteiger partial charge on any atom is -0.491 e. The van der Waals surface area contributed by atoms with Gasteiger partial charge in [0.25, 0.3) is 0 Å². The molecule has 0 spiro atoms. The van der Waals surface area contributed by atoms with E-state index >= 15 is 0 Å². The van der Waals surface area contributed by atoms with Crippen molar-refractivity contribution in [3.05, 3.63) is 72.3 Å². The molecule has 1 aliphatic rings. The van der Waals surface area contributed by atoms with Crippen LogP contribution in [0.25, 0.3) is 10.8 Å². The summed E-state index contributed by atoms with van der Waals surface area (Å²) in [5.74, 6) is 0.764. The Kier molecular flexibility index (Phi) is 6.82. The maximum Gasteiger partial charge on any atom is 0.335 e. The van der Waals surface area contributed by atoms with E-state index in [1.165, 1.54) is 12.1 Å². The Balaban J connectivity index is 1.44. The molecule has 6 nitrogen and oxygen atoms in total. The van der Waals surface area contributed by atoms with Gasteiger partial charge in [0.2, 0.25) is 5.91 Å². The number of carboxylic acid groups (broad SMARTS) is 1. The number of fused-ring (bicyclic) bond motifs is 1. The van der Waals surface area contributed by atoms with Crippen LogP contribution in [0.1, 0.15) is 37.0 Å². The molecule has 1 saturated heterocycles. The zero-order chi connectivity index (χ0) is 23.4. The van der Waals surface area contributed by atoms with Crippen molar-refractivity contribution in [3.8, 4) is 11.5 Å². The predicted molar refractivity (Wildman–Crippen MR) is 127 cm³/mol. The van der Waals surface area contributed by atoms with Gasteiger partial charge in [-0.2, -0.15) is 0 Å². The molecular formula is C27H29NO5. The Morgan fingerprint density at radius 2 is 1.70 bits per heavy atom. The van der Waals surface area contributed by atoms with Crippen molar-refractivity contribution in [2.45, 2.75) is 38.8 Å². The second-order valence-corrected chi connectivity index (χ2v) is 8.92. The maximum absolute atomic E-state index is 12.9. The highest BCUT2D eigenvalue weighted by molar-refractivity contribution is 5.87. The van der Waals surface area contributed by atoms with Crippen LogP contribution in [-0.4, -0.2) is 47.2 Å². The van der Waals surface area contributed by atoms with Crippen molar-refractivity contribution < 1.29 is 24.2 Å². The maximum atomic E-state index is 12.9. The van der Waals surface area contributed by atoms with Gasteiger partial charge in [-0.15, -0.1) is 0 Å². The smallest absolute Gasteiger partial charge is 0.335 e. The summed E-state index contributed by atoms with van der Waals surface area (Å²) in [6.45, 7) is 4.91. The van der Waals surface area contributed by atoms with Crippen molar-refractivity contribution in [2.24, 2.45) is 5.92 Å². The minimum atomic E-state index is -0.975. The number of hydrogen-bond donors (Lipinski definition) is 1. The van der Waals surface area contributed by atoms with Crippen LogP contribution in [-0.2, 0) is 4.79 Å². The van der Waals surface area contributed by atoms with Crippen LogP contribution < -0.4 is 9.47 Å². The second kappa shape index (κ2) is 9.94. The number of benzene rings is 3. The Morgan fingerprint density at radius 1 is 1.00 bits per heavy atom. The van der Waals surface area contributed by atoms with Crippen LogP contribution in [0.15, 0.2) is 66.7 Å². The fraction of sp³-hybridized carbons (Fsp3) is 0.333. The highest BCUT2D eigenvalue weighted by Crippen LogP contribution is 2.27. The fourth-order valence-corrected chi connectivity index (χ4v) is 4.21. The first-order chi connectivity index (χ1) is 15.9. The molecule has 0 aliphatic carbocycles. The number of ether oxygens (including phenoxy) is 2. The molecule has 6 heteroatoms. The van der Waals surface area contributed by atoms with E-state index in [2.05, 4.69) is 12.1 Å². The first-order valence-electron chi connectivity index (χ1n) is 11.3. The third kappa shape index (κ3) is 5.64. The molecule has 1 heterocycles. The van der Waals surface area contributed by atoms with E-state index in [9.17, 15) is 9.59 Å². The third-order valence-electron chi connectivity index (χ3n) is 5.85. The molecule has 0 saturated carbocycles. The fourth-order valence-electron chi connectivity index (χ4n) is 4.21. The zero-order valence-electron chi connectivity index (χ0n) is 18.9. The average molecular weight is 448 g/mol. The van der Waals surface area contributed by atoms with Crippen molar-refractivity contribution in [2.75, 3.05) is 13.2 Å². The van der Waals surface area contributed by atoms with Crippen LogP contribution in [0, 0.1) is 5.92 Å². The van der Waals surface area contributed by atoms with Crippen molar-refractivity contribution in [3.63, 3.8) is 0 Å². The van der Waals surface area contributed by atoms with Gasteiger partial charge in [-0.25, -0.2) is 4.79 Å². The van der Waals surface area contributed by atoms with Gasteiger partial charge in [-0.3, -0.25) is 4.79 Å². The van der Waals surface area contributed by atoms with Gasteiger partial charge in [0.15, 0.2) is 0 Å². The predicted octanol–water partition coefficient (Wildman–Crippen LogP) is 5.01. The van der Waals surface area contributed by atoms with E-state index in [0.29, 0.717) is 31.7 Å². The van der Waals surface area contributed by atoms with Gasteiger partial charge in [0.05, 0.1) is 18.2 Å². The quantitative estimate of drug-likeness (QED) is 0.525. The molecule has 3 aromatic carbocycles. The van der Waals surface area contributed by atoms with Gasteiger partial charge >= 0.3 is 5.97 Å². The van der Waals surface area contributed by atoms with E-state index < -0.39 is 5.97 Å². The molecule has 4 rings (SSSR count). The Hall–Kier alpha value is -3.54. The normalized spacial score (nSPS) is 18.0. The average Bonchev–Trinajstić information content (AvgIpc) is 3.20. The largest absolute Gasteiger partial charge is 0.491 e. The molecule has 0 bridgehead atoms. The van der Waals surface area contributed by atoms with Gasteiger partial charge < -0.3 is 19.5 Å². The Morgan fingerprint density at radius 3 is 2.39 bits per heavy atom. The third-order valence-corrected chi connectivity index (χ3v) is 5.85. The van der Waals surface area contributed by atoms with Gasteiger partial charge in [0.1, 0.15) is 24.2 Å². The van der Waals surface area contributed by atoms with Crippen LogP contribution in [0.4, 0.5) is 0 Å². The number of likely N-dealkylation sites (tertiary alicyclic amines) is 1. The minimum absolute atomic E-state index is 0.101. The Bertz CT molecular complexity index is 1120. The summed E-state index contributed by atoms with van der Waals surface area (Å²) in [5.41, 5.74) is 0.209. The number of hydrogen-bond acceptors (Lipinski definition) is 4. The number of carbonyl (C=O) groups excluding carboxylic acids is 1. The monoisotopic (exact) mass is 447 g/mol. The highest BCUT2D eigenvalue weighted by atomic mass is 16.5. The lowest BCUT2D eigenvalue weighted by Gasteiger charge is -2.25. The zero-order valence-corrected chi connectivity index (χ0v) is 18.9. The molecule has 0 aromatic heterocycles. The van der Waals surface area contributed by atoms with Gasteiger partial charge in [0, 0.05) is 12.8 Å². The molecule has 1 N–H and O–H groups in total. The molecule has 0 radical (unpaired) electrons. The molecule has 1 fully saturated rings. The van der Waals surface area contributed by atoms with Gasteiger partial charge in [-0.05, 0) is 53.1 Å². The lowest BCUT2D eigenvalue weighted by molar-refractivity contribution is -0.133. The van der Waals surface area contributed by atoms with E-state index in [-0.39, 0.29) is 29.5 Å². The van der Waals surface area contributed by atoms with E-state index in [1.54, 1.807) is 12.1 Å². The van der Waals surface area contributed by atoms with Crippen molar-refractivity contribution in [1.82, 2.24) is 4.90 Å². The lowest BCUT2D eigenvalue weighted by Crippen LogP contribution is -2.39. The number of aromatic carboxylic acids is 1. The number of carbonyl (C=O) groups is 2. The second-order valence-electron chi connectivity index (χ2n) is 8.92. The Labute approximate surface area is 193 Å². The summed E-state index contributed by atoms with van der Waals surface area (Å²) >= 11 is 0. The standard InChI is InChI=1S/C27H29NO5/c1-18(2)13-26(29)28-16-25(33-24-12-7-19-5-3-4-6-21(19)14-24)15-22(28)17-32-23-10-8-20(9-11-23)27(30)31/h3-12,14,18,22,25H,13,15-17H2,1-2H3,(H,30,31). The van der Waals surface area contributed by atoms with Crippen molar-refractivity contribution >= 4 is 22.6 Å². The SMILES string of the molecule is CC(C)CC(=O)N1CC(Oc2ccc3ccccc3c2)CC1COc1ccc(C(=O)O)cc1. The number of amides is 1. The summed E-state index contributed by atoms with van der Waals surface area (Å²) in [5, 5.41) is 11.3. The van der Waals surface area contributed by atoms with Gasteiger partial charge in [-0.1, -0.05) is 44.2 Å². The summed E-state index contributed by atoms with van der Waals surface area (Å²) < 4.78 is 12.2. The topological polar surface area (TPSA) is 76.1 Å². The summed E-state index contributed by atoms with van der Waals surface area (Å²) in [7, 11) is 0. The molecule has 1 amide bonds. The van der Waals surface area contributed by atoms with Crippen LogP contribution in [0.2, 0.25) is 0 Å². The van der Waals surface area contributed by atoms with E-state index in [4.69, 9.17) is 14.6 Å². The number of rotatable bonds is 8.